The van der Waals surface area contributed by atoms with E-state index in [4.69, 9.17) is 9.47 Å². The predicted molar refractivity (Wildman–Crippen MR) is 84.9 cm³/mol. The van der Waals surface area contributed by atoms with Crippen molar-refractivity contribution >= 4 is 11.2 Å². The molecule has 3 rings (SSSR count). The van der Waals surface area contributed by atoms with Crippen LogP contribution >= 0.6 is 0 Å². The molecule has 24 heavy (non-hydrogen) atoms. The summed E-state index contributed by atoms with van der Waals surface area (Å²) in [5.41, 5.74) is 1.19. The number of aryl methyl sites for hydroxylation is 1. The summed E-state index contributed by atoms with van der Waals surface area (Å²) in [6.45, 7) is 6.01. The molecular weight excluding hydrogens is 312 g/mol. The van der Waals surface area contributed by atoms with E-state index >= 15 is 0 Å². The smallest absolute Gasteiger partial charge is 0.273 e. The zero-order chi connectivity index (χ0) is 17.5. The number of hydrogen-bond donors (Lipinski definition) is 2. The summed E-state index contributed by atoms with van der Waals surface area (Å²) in [5, 5.41) is 20.3. The highest BCUT2D eigenvalue weighted by atomic mass is 16.6. The van der Waals surface area contributed by atoms with Gasteiger partial charge in [-0.2, -0.15) is 9.55 Å². The van der Waals surface area contributed by atoms with E-state index in [9.17, 15) is 10.2 Å². The van der Waals surface area contributed by atoms with Crippen LogP contribution in [0.1, 0.15) is 27.0 Å². The first-order chi connectivity index (χ1) is 11.3. The monoisotopic (exact) mass is 337 g/mol. The Kier molecular flexibility index (Phi) is 4.56. The van der Waals surface area contributed by atoms with Crippen LogP contribution in [-0.4, -0.2) is 55.8 Å². The molecule has 3 heterocycles. The number of nitrogens with zero attached hydrogens (tertiary/aromatic N) is 4. The van der Waals surface area contributed by atoms with E-state index in [1.807, 2.05) is 38.7 Å². The number of hydrogen-bond acceptors (Lipinski definition) is 6. The third-order valence-corrected chi connectivity index (χ3v) is 4.28. The lowest BCUT2D eigenvalue weighted by molar-refractivity contribution is -0.646. The van der Waals surface area contributed by atoms with Gasteiger partial charge in [0.25, 0.3) is 5.65 Å². The fourth-order valence-electron chi connectivity index (χ4n) is 3.00. The SMILES string of the molecule is C[n+]1cn(C2OC(COC(C)(C)C)C(CO)C2O)c2ncncc21. The second-order valence-corrected chi connectivity index (χ2v) is 7.19. The molecule has 132 valence electrons. The summed E-state index contributed by atoms with van der Waals surface area (Å²) < 4.78 is 15.5. The molecule has 0 spiro atoms. The minimum Gasteiger partial charge on any atom is -0.396 e. The van der Waals surface area contributed by atoms with Crippen molar-refractivity contribution in [3.05, 3.63) is 18.9 Å². The summed E-state index contributed by atoms with van der Waals surface area (Å²) in [5.74, 6) is -0.415. The fraction of sp³-hybridized carbons (Fsp3) is 0.688. The minimum atomic E-state index is -0.853. The maximum atomic E-state index is 10.7. The molecule has 8 heteroatoms. The summed E-state index contributed by atoms with van der Waals surface area (Å²) >= 11 is 0. The van der Waals surface area contributed by atoms with Crippen molar-refractivity contribution < 1.29 is 24.3 Å². The molecule has 2 aromatic heterocycles. The van der Waals surface area contributed by atoms with Crippen molar-refractivity contribution in [2.24, 2.45) is 13.0 Å². The van der Waals surface area contributed by atoms with Gasteiger partial charge in [0.2, 0.25) is 18.1 Å². The van der Waals surface area contributed by atoms with Gasteiger partial charge in [0.1, 0.15) is 12.4 Å². The van der Waals surface area contributed by atoms with Crippen molar-refractivity contribution in [3.8, 4) is 0 Å². The van der Waals surface area contributed by atoms with Gasteiger partial charge in [-0.1, -0.05) is 0 Å². The Labute approximate surface area is 140 Å². The van der Waals surface area contributed by atoms with Gasteiger partial charge in [-0.3, -0.25) is 0 Å². The Hall–Kier alpha value is -1.61. The van der Waals surface area contributed by atoms with Gasteiger partial charge in [-0.25, -0.2) is 9.55 Å². The molecule has 4 atom stereocenters. The van der Waals surface area contributed by atoms with Crippen molar-refractivity contribution in [3.63, 3.8) is 0 Å². The molecule has 2 N–H and O–H groups in total. The molecule has 1 fully saturated rings. The molecule has 0 aliphatic carbocycles. The normalized spacial score (nSPS) is 27.9. The average molecular weight is 337 g/mol. The number of aliphatic hydroxyl groups is 2. The summed E-state index contributed by atoms with van der Waals surface area (Å²) in [6, 6.07) is 0. The Bertz CT molecular complexity index is 712. The molecular formula is C16H25N4O4+. The van der Waals surface area contributed by atoms with Gasteiger partial charge in [0.05, 0.1) is 38.2 Å². The second kappa shape index (κ2) is 6.36. The van der Waals surface area contributed by atoms with Crippen LogP contribution < -0.4 is 4.57 Å². The molecule has 4 unspecified atom stereocenters. The van der Waals surface area contributed by atoms with Gasteiger partial charge in [-0.05, 0) is 20.8 Å². The summed E-state index contributed by atoms with van der Waals surface area (Å²) in [4.78, 5) is 8.31. The number of ether oxygens (including phenoxy) is 2. The molecule has 1 aliphatic rings. The lowest BCUT2D eigenvalue weighted by atomic mass is 9.99. The molecule has 0 bridgehead atoms. The summed E-state index contributed by atoms with van der Waals surface area (Å²) in [7, 11) is 1.88. The van der Waals surface area contributed by atoms with Gasteiger partial charge >= 0.3 is 0 Å². The first-order valence-electron chi connectivity index (χ1n) is 8.06. The van der Waals surface area contributed by atoms with E-state index in [1.165, 1.54) is 6.33 Å². The van der Waals surface area contributed by atoms with Gasteiger partial charge in [-0.15, -0.1) is 0 Å². The molecule has 1 aliphatic heterocycles. The molecule has 0 aromatic carbocycles. The highest BCUT2D eigenvalue weighted by Gasteiger charge is 2.48. The van der Waals surface area contributed by atoms with Crippen LogP contribution in [0.15, 0.2) is 18.9 Å². The molecule has 2 aromatic rings. The highest BCUT2D eigenvalue weighted by Crippen LogP contribution is 2.35. The lowest BCUT2D eigenvalue weighted by Crippen LogP contribution is -2.34. The summed E-state index contributed by atoms with van der Waals surface area (Å²) in [6.07, 6.45) is 3.12. The van der Waals surface area contributed by atoms with E-state index in [1.54, 1.807) is 10.8 Å². The van der Waals surface area contributed by atoms with Crippen molar-refractivity contribution in [1.29, 1.82) is 0 Å². The van der Waals surface area contributed by atoms with Crippen LogP contribution in [0, 0.1) is 5.92 Å². The van der Waals surface area contributed by atoms with Crippen LogP contribution in [0.3, 0.4) is 0 Å². The zero-order valence-corrected chi connectivity index (χ0v) is 14.5. The molecule has 0 saturated carbocycles. The largest absolute Gasteiger partial charge is 0.396 e. The van der Waals surface area contributed by atoms with Crippen molar-refractivity contribution in [2.45, 2.75) is 44.8 Å². The van der Waals surface area contributed by atoms with Crippen LogP contribution in [0.25, 0.3) is 11.2 Å². The number of imidazole rings is 1. The van der Waals surface area contributed by atoms with Crippen LogP contribution in [-0.2, 0) is 16.5 Å². The van der Waals surface area contributed by atoms with Crippen molar-refractivity contribution in [2.75, 3.05) is 13.2 Å². The Morgan fingerprint density at radius 1 is 1.42 bits per heavy atom. The molecule has 1 saturated heterocycles. The van der Waals surface area contributed by atoms with Crippen LogP contribution in [0.2, 0.25) is 0 Å². The molecule has 8 nitrogen and oxygen atoms in total. The average Bonchev–Trinajstić information content (AvgIpc) is 3.02. The van der Waals surface area contributed by atoms with E-state index in [2.05, 4.69) is 9.97 Å². The topological polar surface area (TPSA) is 93.5 Å². The van der Waals surface area contributed by atoms with Crippen LogP contribution in [0.5, 0.6) is 0 Å². The predicted octanol–water partition coefficient (Wildman–Crippen LogP) is -0.0623. The highest BCUT2D eigenvalue weighted by molar-refractivity contribution is 5.65. The second-order valence-electron chi connectivity index (χ2n) is 7.19. The first kappa shape index (κ1) is 17.2. The minimum absolute atomic E-state index is 0.170. The first-order valence-corrected chi connectivity index (χ1v) is 8.06. The molecule has 0 radical (unpaired) electrons. The number of fused-ring (bicyclic) bond motifs is 1. The number of rotatable bonds is 4. The Morgan fingerprint density at radius 3 is 2.83 bits per heavy atom. The Balaban J connectivity index is 1.88. The zero-order valence-electron chi connectivity index (χ0n) is 14.5. The molecule has 0 amide bonds. The van der Waals surface area contributed by atoms with E-state index in [-0.39, 0.29) is 18.3 Å². The maximum Gasteiger partial charge on any atom is 0.273 e. The quantitative estimate of drug-likeness (QED) is 0.759. The maximum absolute atomic E-state index is 10.7. The standard InChI is InChI=1S/C16H25N4O4/c1-16(2,3)23-7-12-10(6-21)13(22)15(24-12)20-9-19(4)11-5-17-8-18-14(11)20/h5,8-10,12-13,15,21-22H,6-7H2,1-4H3/q+1. The lowest BCUT2D eigenvalue weighted by Gasteiger charge is -2.24. The van der Waals surface area contributed by atoms with E-state index < -0.39 is 18.2 Å². The van der Waals surface area contributed by atoms with Gasteiger partial charge in [0.15, 0.2) is 0 Å². The van der Waals surface area contributed by atoms with Crippen LogP contribution in [0.4, 0.5) is 0 Å². The van der Waals surface area contributed by atoms with E-state index in [0.29, 0.717) is 12.3 Å². The van der Waals surface area contributed by atoms with Crippen molar-refractivity contribution in [1.82, 2.24) is 14.5 Å². The van der Waals surface area contributed by atoms with Gasteiger partial charge in [0, 0.05) is 5.92 Å². The Morgan fingerprint density at radius 2 is 2.17 bits per heavy atom. The van der Waals surface area contributed by atoms with Gasteiger partial charge < -0.3 is 19.7 Å². The third-order valence-electron chi connectivity index (χ3n) is 4.28. The third kappa shape index (κ3) is 3.14. The number of aromatic nitrogens is 4. The van der Waals surface area contributed by atoms with E-state index in [0.717, 1.165) is 5.52 Å². The number of aliphatic hydroxyl groups excluding tert-OH is 2. The fourth-order valence-corrected chi connectivity index (χ4v) is 3.00.